The average molecular weight is 323 g/mol. The Bertz CT molecular complexity index is 525. The number of rotatable bonds is 2. The zero-order valence-corrected chi connectivity index (χ0v) is 12.3. The minimum atomic E-state index is -0.166. The second kappa shape index (κ2) is 6.07. The van der Waals surface area contributed by atoms with Gasteiger partial charge < -0.3 is 9.64 Å². The summed E-state index contributed by atoms with van der Waals surface area (Å²) in [4.78, 5) is 13.7. The van der Waals surface area contributed by atoms with Gasteiger partial charge in [-0.25, -0.2) is 0 Å². The third kappa shape index (κ3) is 3.07. The number of nitriles is 1. The summed E-state index contributed by atoms with van der Waals surface area (Å²) in [5.41, 5.74) is 1.51. The monoisotopic (exact) mass is 322 g/mol. The molecule has 1 aliphatic heterocycles. The Morgan fingerprint density at radius 2 is 2.37 bits per heavy atom. The molecular formula is C14H15BrN2O2. The molecule has 1 aliphatic rings. The van der Waals surface area contributed by atoms with Crippen LogP contribution >= 0.6 is 15.9 Å². The fourth-order valence-corrected chi connectivity index (χ4v) is 2.79. The number of methoxy groups -OCH3 is 1. The highest BCUT2D eigenvalue weighted by molar-refractivity contribution is 9.10. The molecule has 0 N–H and O–H groups in total. The highest BCUT2D eigenvalue weighted by atomic mass is 79.9. The van der Waals surface area contributed by atoms with Crippen LogP contribution in [0.5, 0.6) is 0 Å². The van der Waals surface area contributed by atoms with Crippen molar-refractivity contribution >= 4 is 27.6 Å². The van der Waals surface area contributed by atoms with E-state index in [2.05, 4.69) is 26.9 Å². The van der Waals surface area contributed by atoms with E-state index in [1.807, 2.05) is 12.1 Å². The summed E-state index contributed by atoms with van der Waals surface area (Å²) in [7, 11) is 1.42. The lowest BCUT2D eigenvalue weighted by atomic mass is 9.97. The Hall–Kier alpha value is -1.54. The quantitative estimate of drug-likeness (QED) is 0.785. The summed E-state index contributed by atoms with van der Waals surface area (Å²) >= 11 is 3.36. The fourth-order valence-electron chi connectivity index (χ4n) is 2.43. The first-order valence-corrected chi connectivity index (χ1v) is 6.97. The topological polar surface area (TPSA) is 53.3 Å². The molecule has 0 aromatic heterocycles. The number of carbonyl (C=O) groups excluding carboxylic acids is 1. The molecule has 1 saturated heterocycles. The van der Waals surface area contributed by atoms with E-state index in [-0.39, 0.29) is 11.9 Å². The molecule has 0 spiro atoms. The lowest BCUT2D eigenvalue weighted by Crippen LogP contribution is -2.39. The Kier molecular flexibility index (Phi) is 4.43. The molecule has 0 saturated carbocycles. The third-order valence-electron chi connectivity index (χ3n) is 3.38. The molecule has 1 heterocycles. The maximum absolute atomic E-state index is 11.6. The second-order valence-corrected chi connectivity index (χ2v) is 5.50. The van der Waals surface area contributed by atoms with Crippen LogP contribution < -0.4 is 4.90 Å². The van der Waals surface area contributed by atoms with Gasteiger partial charge in [-0.3, -0.25) is 4.79 Å². The number of carbonyl (C=O) groups is 1. The van der Waals surface area contributed by atoms with Crippen molar-refractivity contribution in [3.8, 4) is 6.07 Å². The van der Waals surface area contributed by atoms with Gasteiger partial charge in [-0.05, 0) is 31.0 Å². The van der Waals surface area contributed by atoms with Crippen LogP contribution in [0.4, 0.5) is 5.69 Å². The predicted molar refractivity (Wildman–Crippen MR) is 75.8 cm³/mol. The Balaban J connectivity index is 2.22. The lowest BCUT2D eigenvalue weighted by molar-refractivity contribution is -0.145. The van der Waals surface area contributed by atoms with Gasteiger partial charge in [0.25, 0.3) is 0 Å². The molecule has 1 fully saturated rings. The van der Waals surface area contributed by atoms with Gasteiger partial charge in [0.15, 0.2) is 0 Å². The van der Waals surface area contributed by atoms with E-state index in [0.29, 0.717) is 12.1 Å². The van der Waals surface area contributed by atoms with Crippen LogP contribution in [0.15, 0.2) is 22.7 Å². The van der Waals surface area contributed by atoms with Crippen LogP contribution in [0.3, 0.4) is 0 Å². The van der Waals surface area contributed by atoms with Gasteiger partial charge in [-0.15, -0.1) is 0 Å². The number of halogens is 1. The summed E-state index contributed by atoms with van der Waals surface area (Å²) in [5, 5.41) is 9.21. The minimum Gasteiger partial charge on any atom is -0.469 e. The van der Waals surface area contributed by atoms with E-state index < -0.39 is 0 Å². The Morgan fingerprint density at radius 3 is 3.05 bits per heavy atom. The van der Waals surface area contributed by atoms with E-state index >= 15 is 0 Å². The molecule has 0 radical (unpaired) electrons. The standard InChI is InChI=1S/C14H15BrN2O2/c1-19-14(18)10-3-2-6-17(9-10)13-5-4-12(15)7-11(13)8-16/h4-5,7,10H,2-3,6,9H2,1H3. The minimum absolute atomic E-state index is 0.103. The maximum Gasteiger partial charge on any atom is 0.310 e. The zero-order chi connectivity index (χ0) is 13.8. The summed E-state index contributed by atoms with van der Waals surface area (Å²) in [6.07, 6.45) is 1.78. The first-order valence-electron chi connectivity index (χ1n) is 6.18. The van der Waals surface area contributed by atoms with E-state index in [0.717, 1.165) is 29.5 Å². The smallest absolute Gasteiger partial charge is 0.310 e. The van der Waals surface area contributed by atoms with Gasteiger partial charge in [0.2, 0.25) is 0 Å². The SMILES string of the molecule is COC(=O)C1CCCN(c2ccc(Br)cc2C#N)C1. The van der Waals surface area contributed by atoms with Crippen LogP contribution in [-0.4, -0.2) is 26.2 Å². The molecule has 2 rings (SSSR count). The lowest BCUT2D eigenvalue weighted by Gasteiger charge is -2.33. The molecule has 1 aromatic rings. The summed E-state index contributed by atoms with van der Waals surface area (Å²) in [6, 6.07) is 7.84. The number of benzene rings is 1. The molecule has 5 heteroatoms. The molecule has 1 aromatic carbocycles. The van der Waals surface area contributed by atoms with Crippen LogP contribution in [0.2, 0.25) is 0 Å². The third-order valence-corrected chi connectivity index (χ3v) is 3.87. The number of nitrogens with zero attached hydrogens (tertiary/aromatic N) is 2. The molecule has 4 nitrogen and oxygen atoms in total. The molecule has 1 unspecified atom stereocenters. The van der Waals surface area contributed by atoms with Gasteiger partial charge in [0, 0.05) is 17.6 Å². The number of esters is 1. The van der Waals surface area contributed by atoms with Crippen molar-refractivity contribution in [1.82, 2.24) is 0 Å². The van der Waals surface area contributed by atoms with E-state index in [1.165, 1.54) is 7.11 Å². The number of piperidine rings is 1. The molecule has 0 amide bonds. The Morgan fingerprint density at radius 1 is 1.58 bits per heavy atom. The Labute approximate surface area is 121 Å². The summed E-state index contributed by atoms with van der Waals surface area (Å²) < 4.78 is 5.70. The van der Waals surface area contributed by atoms with Crippen molar-refractivity contribution in [1.29, 1.82) is 5.26 Å². The summed E-state index contributed by atoms with van der Waals surface area (Å²) in [6.45, 7) is 1.48. The van der Waals surface area contributed by atoms with Gasteiger partial charge in [-0.1, -0.05) is 15.9 Å². The molecule has 1 atom stereocenters. The largest absolute Gasteiger partial charge is 0.469 e. The first kappa shape index (κ1) is 13.9. The normalized spacial score (nSPS) is 18.8. The van der Waals surface area contributed by atoms with Crippen LogP contribution in [0, 0.1) is 17.2 Å². The van der Waals surface area contributed by atoms with Gasteiger partial charge in [-0.2, -0.15) is 5.26 Å². The number of hydrogen-bond acceptors (Lipinski definition) is 4. The predicted octanol–water partition coefficient (Wildman–Crippen LogP) is 2.71. The molecule has 100 valence electrons. The molecule has 0 bridgehead atoms. The first-order chi connectivity index (χ1) is 9.15. The average Bonchev–Trinajstić information content (AvgIpc) is 2.46. The van der Waals surface area contributed by atoms with Crippen molar-refractivity contribution in [3.05, 3.63) is 28.2 Å². The van der Waals surface area contributed by atoms with E-state index in [1.54, 1.807) is 6.07 Å². The van der Waals surface area contributed by atoms with Crippen LogP contribution in [0.25, 0.3) is 0 Å². The van der Waals surface area contributed by atoms with Crippen molar-refractivity contribution in [2.24, 2.45) is 5.92 Å². The second-order valence-electron chi connectivity index (χ2n) is 4.58. The van der Waals surface area contributed by atoms with E-state index in [4.69, 9.17) is 4.74 Å². The van der Waals surface area contributed by atoms with Crippen molar-refractivity contribution < 1.29 is 9.53 Å². The van der Waals surface area contributed by atoms with Crippen LogP contribution in [0.1, 0.15) is 18.4 Å². The highest BCUT2D eigenvalue weighted by Crippen LogP contribution is 2.28. The number of anilines is 1. The zero-order valence-electron chi connectivity index (χ0n) is 10.7. The number of ether oxygens (including phenoxy) is 1. The molecule has 0 aliphatic carbocycles. The molecular weight excluding hydrogens is 308 g/mol. The van der Waals surface area contributed by atoms with Crippen LogP contribution in [-0.2, 0) is 9.53 Å². The number of hydrogen-bond donors (Lipinski definition) is 0. The van der Waals surface area contributed by atoms with Gasteiger partial charge in [0.05, 0.1) is 24.3 Å². The van der Waals surface area contributed by atoms with Crippen molar-refractivity contribution in [2.75, 3.05) is 25.1 Å². The molecule has 19 heavy (non-hydrogen) atoms. The highest BCUT2D eigenvalue weighted by Gasteiger charge is 2.27. The van der Waals surface area contributed by atoms with Crippen molar-refractivity contribution in [3.63, 3.8) is 0 Å². The fraction of sp³-hybridized carbons (Fsp3) is 0.429. The maximum atomic E-state index is 11.6. The van der Waals surface area contributed by atoms with Crippen molar-refractivity contribution in [2.45, 2.75) is 12.8 Å². The van der Waals surface area contributed by atoms with Gasteiger partial charge in [0.1, 0.15) is 6.07 Å². The van der Waals surface area contributed by atoms with Gasteiger partial charge >= 0.3 is 5.97 Å². The summed E-state index contributed by atoms with van der Waals surface area (Å²) in [5.74, 6) is -0.269. The van der Waals surface area contributed by atoms with E-state index in [9.17, 15) is 10.1 Å².